The van der Waals surface area contributed by atoms with E-state index in [1.54, 1.807) is 0 Å². The van der Waals surface area contributed by atoms with Gasteiger partial charge >= 0.3 is 0 Å². The minimum Gasteiger partial charge on any atom is -0.493 e. The van der Waals surface area contributed by atoms with Crippen molar-refractivity contribution in [3.8, 4) is 5.75 Å². The number of aliphatic hydroxyl groups is 2. The molecule has 2 heterocycles. The van der Waals surface area contributed by atoms with E-state index in [4.69, 9.17) is 13.7 Å². The first-order chi connectivity index (χ1) is 17.6. The Morgan fingerprint density at radius 3 is 2.56 bits per heavy atom. The molecule has 3 aromatic carbocycles. The number of hydrogen-bond donors (Lipinski definition) is 2. The molecule has 0 aliphatic heterocycles. The van der Waals surface area contributed by atoms with Crippen molar-refractivity contribution < 1.29 is 23.9 Å². The Hall–Kier alpha value is -3.61. The van der Waals surface area contributed by atoms with Crippen molar-refractivity contribution in [2.45, 2.75) is 51.7 Å². The number of nitrogens with zero attached hydrogens (tertiary/aromatic N) is 1. The molecule has 0 fully saturated rings. The van der Waals surface area contributed by atoms with Gasteiger partial charge in [0.05, 0.1) is 12.3 Å². The number of aliphatic hydroxyl groups excluding tert-OH is 1. The third kappa shape index (κ3) is 5.45. The van der Waals surface area contributed by atoms with Crippen LogP contribution < -0.4 is 4.74 Å². The lowest BCUT2D eigenvalue weighted by molar-refractivity contribution is -0.0381. The van der Waals surface area contributed by atoms with Gasteiger partial charge < -0.3 is 23.9 Å². The highest BCUT2D eigenvalue weighted by Gasteiger charge is 2.17. The molecule has 6 heteroatoms. The number of ether oxygens (including phenoxy) is 1. The Labute approximate surface area is 210 Å². The molecule has 36 heavy (non-hydrogen) atoms. The Kier molecular flexibility index (Phi) is 7.35. The van der Waals surface area contributed by atoms with Gasteiger partial charge in [-0.25, -0.2) is 0 Å². The van der Waals surface area contributed by atoms with Crippen LogP contribution >= 0.6 is 0 Å². The lowest BCUT2D eigenvalue weighted by Gasteiger charge is -2.11. The first kappa shape index (κ1) is 24.1. The summed E-state index contributed by atoms with van der Waals surface area (Å²) in [4.78, 5) is 0. The van der Waals surface area contributed by atoms with Crippen LogP contribution in [0.15, 0.2) is 75.7 Å². The number of fused-ring (bicyclic) bond motifs is 2. The molecule has 0 amide bonds. The molecule has 5 aromatic rings. The SMILES string of the molecule is CCCc1c(OCCc2cc3cc(CC(O)O)ccc3o2)ccc2c(CCc3ccccc3)noc12. The van der Waals surface area contributed by atoms with Gasteiger partial charge in [-0.15, -0.1) is 0 Å². The van der Waals surface area contributed by atoms with E-state index in [9.17, 15) is 10.2 Å². The summed E-state index contributed by atoms with van der Waals surface area (Å²) >= 11 is 0. The summed E-state index contributed by atoms with van der Waals surface area (Å²) in [6.45, 7) is 2.62. The zero-order valence-electron chi connectivity index (χ0n) is 20.4. The van der Waals surface area contributed by atoms with Crippen molar-refractivity contribution in [1.29, 1.82) is 0 Å². The molecule has 2 N–H and O–H groups in total. The number of furan rings is 1. The van der Waals surface area contributed by atoms with Gasteiger partial charge in [-0.2, -0.15) is 0 Å². The van der Waals surface area contributed by atoms with Gasteiger partial charge in [0.25, 0.3) is 0 Å². The molecule has 0 saturated heterocycles. The van der Waals surface area contributed by atoms with Gasteiger partial charge in [0.1, 0.15) is 17.1 Å². The van der Waals surface area contributed by atoms with E-state index in [2.05, 4.69) is 42.4 Å². The number of aryl methyl sites for hydroxylation is 3. The van der Waals surface area contributed by atoms with Gasteiger partial charge in [0.2, 0.25) is 0 Å². The maximum Gasteiger partial charge on any atom is 0.174 e. The predicted molar refractivity (Wildman–Crippen MR) is 139 cm³/mol. The molecule has 0 aliphatic carbocycles. The second-order valence-electron chi connectivity index (χ2n) is 9.15. The highest BCUT2D eigenvalue weighted by molar-refractivity contribution is 5.84. The van der Waals surface area contributed by atoms with Crippen LogP contribution in [0.25, 0.3) is 21.9 Å². The molecule has 0 atom stereocenters. The molecule has 186 valence electrons. The zero-order chi connectivity index (χ0) is 24.9. The molecule has 0 aliphatic rings. The van der Waals surface area contributed by atoms with E-state index in [0.29, 0.717) is 13.0 Å². The fourth-order valence-corrected chi connectivity index (χ4v) is 4.67. The number of benzene rings is 3. The van der Waals surface area contributed by atoms with E-state index >= 15 is 0 Å². The molecule has 6 nitrogen and oxygen atoms in total. The third-order valence-corrected chi connectivity index (χ3v) is 6.42. The summed E-state index contributed by atoms with van der Waals surface area (Å²) in [5.74, 6) is 1.65. The normalized spacial score (nSPS) is 11.7. The van der Waals surface area contributed by atoms with Gasteiger partial charge in [0, 0.05) is 29.2 Å². The maximum atomic E-state index is 9.21. The molecular formula is C30H31NO5. The van der Waals surface area contributed by atoms with Crippen LogP contribution in [0.4, 0.5) is 0 Å². The zero-order valence-corrected chi connectivity index (χ0v) is 20.4. The molecule has 0 unspecified atom stereocenters. The van der Waals surface area contributed by atoms with Crippen molar-refractivity contribution in [2.75, 3.05) is 6.61 Å². The lowest BCUT2D eigenvalue weighted by atomic mass is 10.0. The second kappa shape index (κ2) is 11.0. The molecular weight excluding hydrogens is 454 g/mol. The number of rotatable bonds is 11. The average molecular weight is 486 g/mol. The summed E-state index contributed by atoms with van der Waals surface area (Å²) in [7, 11) is 0. The van der Waals surface area contributed by atoms with Gasteiger partial charge in [-0.05, 0) is 60.7 Å². The number of aromatic nitrogens is 1. The highest BCUT2D eigenvalue weighted by Crippen LogP contribution is 2.32. The molecule has 0 spiro atoms. The fraction of sp³-hybridized carbons (Fsp3) is 0.300. The van der Waals surface area contributed by atoms with Crippen molar-refractivity contribution in [1.82, 2.24) is 5.16 Å². The molecule has 0 radical (unpaired) electrons. The monoisotopic (exact) mass is 485 g/mol. The molecule has 2 aromatic heterocycles. The highest BCUT2D eigenvalue weighted by atomic mass is 16.5. The van der Waals surface area contributed by atoms with Crippen LogP contribution in [0, 0.1) is 0 Å². The Balaban J connectivity index is 1.28. The second-order valence-corrected chi connectivity index (χ2v) is 9.15. The summed E-state index contributed by atoms with van der Waals surface area (Å²) < 4.78 is 18.0. The molecule has 0 bridgehead atoms. The van der Waals surface area contributed by atoms with Crippen molar-refractivity contribution in [3.05, 3.63) is 94.9 Å². The quantitative estimate of drug-likeness (QED) is 0.230. The van der Waals surface area contributed by atoms with Gasteiger partial charge in [-0.3, -0.25) is 0 Å². The van der Waals surface area contributed by atoms with E-state index < -0.39 is 6.29 Å². The Bertz CT molecular complexity index is 1430. The van der Waals surface area contributed by atoms with E-state index in [0.717, 1.165) is 76.0 Å². The van der Waals surface area contributed by atoms with Gasteiger partial charge in [0.15, 0.2) is 11.9 Å². The van der Waals surface area contributed by atoms with Gasteiger partial charge in [-0.1, -0.05) is 54.9 Å². The summed E-state index contributed by atoms with van der Waals surface area (Å²) in [6, 6.07) is 22.1. The first-order valence-electron chi connectivity index (χ1n) is 12.5. The summed E-state index contributed by atoms with van der Waals surface area (Å²) in [5.41, 5.74) is 5.78. The van der Waals surface area contributed by atoms with Crippen molar-refractivity contribution >= 4 is 21.9 Å². The number of hydrogen-bond acceptors (Lipinski definition) is 6. The van der Waals surface area contributed by atoms with Crippen LogP contribution in [0.3, 0.4) is 0 Å². The van der Waals surface area contributed by atoms with Crippen LogP contribution in [0.5, 0.6) is 5.75 Å². The Morgan fingerprint density at radius 1 is 0.889 bits per heavy atom. The first-order valence-corrected chi connectivity index (χ1v) is 12.5. The van der Waals surface area contributed by atoms with Crippen LogP contribution in [-0.4, -0.2) is 28.3 Å². The predicted octanol–water partition coefficient (Wildman–Crippen LogP) is 5.79. The minimum absolute atomic E-state index is 0.192. The van der Waals surface area contributed by atoms with Crippen molar-refractivity contribution in [3.63, 3.8) is 0 Å². The molecule has 0 saturated carbocycles. The third-order valence-electron chi connectivity index (χ3n) is 6.42. The smallest absolute Gasteiger partial charge is 0.174 e. The van der Waals surface area contributed by atoms with Crippen LogP contribution in [0.2, 0.25) is 0 Å². The molecule has 5 rings (SSSR count). The largest absolute Gasteiger partial charge is 0.493 e. The van der Waals surface area contributed by atoms with E-state index in [1.165, 1.54) is 5.56 Å². The van der Waals surface area contributed by atoms with E-state index in [-0.39, 0.29) is 6.42 Å². The lowest BCUT2D eigenvalue weighted by Crippen LogP contribution is -2.07. The summed E-state index contributed by atoms with van der Waals surface area (Å²) in [5, 5.41) is 24.8. The maximum absolute atomic E-state index is 9.21. The average Bonchev–Trinajstić information content (AvgIpc) is 3.47. The summed E-state index contributed by atoms with van der Waals surface area (Å²) in [6.07, 6.45) is 3.03. The van der Waals surface area contributed by atoms with Crippen LogP contribution in [-0.2, 0) is 32.1 Å². The Morgan fingerprint density at radius 2 is 1.75 bits per heavy atom. The van der Waals surface area contributed by atoms with E-state index in [1.807, 2.05) is 36.4 Å². The minimum atomic E-state index is -1.36. The van der Waals surface area contributed by atoms with Crippen LogP contribution in [0.1, 0.15) is 41.5 Å². The topological polar surface area (TPSA) is 88.9 Å². The standard InChI is InChI=1S/C30H31NO5/c1-2-6-25-28(14-11-24-26(31-36-30(24)25)12-9-20-7-4-3-5-8-20)34-16-15-23-19-22-17-21(18-29(32)33)10-13-27(22)35-23/h3-5,7-8,10-11,13-14,17,19,29,32-33H,2,6,9,12,15-16,18H2,1H3. The van der Waals surface area contributed by atoms with Crippen molar-refractivity contribution in [2.24, 2.45) is 0 Å². The fourth-order valence-electron chi connectivity index (χ4n) is 4.67.